The summed E-state index contributed by atoms with van der Waals surface area (Å²) in [6.45, 7) is 1.37. The summed E-state index contributed by atoms with van der Waals surface area (Å²) >= 11 is 11.8. The molecule has 0 aromatic heterocycles. The van der Waals surface area contributed by atoms with Crippen LogP contribution in [-0.2, 0) is 27.6 Å². The molecule has 10 heteroatoms. The quantitative estimate of drug-likeness (QED) is 0.248. The number of hydrogen-bond acceptors (Lipinski definition) is 5. The Kier molecular flexibility index (Phi) is 9.06. The lowest BCUT2D eigenvalue weighted by atomic mass is 10.0. The summed E-state index contributed by atoms with van der Waals surface area (Å²) in [5.41, 5.74) is 6.44. The van der Waals surface area contributed by atoms with E-state index in [1.807, 2.05) is 36.4 Å². The molecule has 1 heterocycles. The van der Waals surface area contributed by atoms with E-state index in [1.165, 1.54) is 16.4 Å². The normalized spacial score (nSPS) is 14.1. The van der Waals surface area contributed by atoms with Gasteiger partial charge in [-0.3, -0.25) is 5.43 Å². The molecule has 1 fully saturated rings. The Labute approximate surface area is 222 Å². The Morgan fingerprint density at radius 2 is 1.53 bits per heavy atom. The Bertz CT molecular complexity index is 1270. The molecule has 0 amide bonds. The lowest BCUT2D eigenvalue weighted by molar-refractivity contribution is 0.0730. The third-order valence-corrected chi connectivity index (χ3v) is 8.03. The van der Waals surface area contributed by atoms with Gasteiger partial charge in [0.2, 0.25) is 10.0 Å². The molecule has 0 unspecified atom stereocenters. The topological polar surface area (TPSA) is 83.0 Å². The van der Waals surface area contributed by atoms with Gasteiger partial charge in [-0.25, -0.2) is 8.42 Å². The lowest BCUT2D eigenvalue weighted by Crippen LogP contribution is -2.40. The van der Waals surface area contributed by atoms with Gasteiger partial charge >= 0.3 is 0 Å². The predicted octanol–water partition coefficient (Wildman–Crippen LogP) is 4.49. The van der Waals surface area contributed by atoms with Crippen LogP contribution in [0.2, 0.25) is 5.02 Å². The predicted molar refractivity (Wildman–Crippen MR) is 148 cm³/mol. The van der Waals surface area contributed by atoms with E-state index in [4.69, 9.17) is 28.6 Å². The van der Waals surface area contributed by atoms with Gasteiger partial charge in [0.1, 0.15) is 0 Å². The molecule has 3 aromatic carbocycles. The minimum absolute atomic E-state index is 0.136. The highest BCUT2D eigenvalue weighted by Gasteiger charge is 2.27. The monoisotopic (exact) mass is 542 g/mol. The molecule has 36 heavy (non-hydrogen) atoms. The van der Waals surface area contributed by atoms with Gasteiger partial charge in [0, 0.05) is 31.6 Å². The number of thiocarbonyl (C=S) groups is 1. The number of benzene rings is 3. The number of halogens is 1. The average molecular weight is 543 g/mol. The summed E-state index contributed by atoms with van der Waals surface area (Å²) in [5, 5.41) is 8.10. The first-order valence-corrected chi connectivity index (χ1v) is 13.7. The van der Waals surface area contributed by atoms with Crippen molar-refractivity contribution in [3.05, 3.63) is 95.0 Å². The van der Waals surface area contributed by atoms with E-state index in [-0.39, 0.29) is 10.0 Å². The maximum absolute atomic E-state index is 13.0. The summed E-state index contributed by atoms with van der Waals surface area (Å²) in [6.07, 6.45) is 1.30. The van der Waals surface area contributed by atoms with Gasteiger partial charge in [-0.05, 0) is 41.5 Å². The minimum Gasteiger partial charge on any atom is -0.379 e. The molecule has 7 nitrogen and oxygen atoms in total. The second kappa shape index (κ2) is 12.4. The standard InChI is InChI=1S/C26H27ClN4O3S2/c27-24-12-11-23(36(32,33)31-13-15-34-16-14-31)19-25(24)28-26(35)30-29-22(17-20-7-3-1-4-8-20)18-21-9-5-2-6-10-21/h1-12,19H,13-18H2,(H2,28,30,35). The SMILES string of the molecule is O=S(=O)(c1ccc(Cl)c(NC(=S)NN=C(Cc2ccccc2)Cc2ccccc2)c1)N1CCOCC1. The third-order valence-electron chi connectivity index (χ3n) is 5.61. The van der Waals surface area contributed by atoms with Gasteiger partial charge in [-0.2, -0.15) is 9.41 Å². The molecule has 0 bridgehead atoms. The van der Waals surface area contributed by atoms with Gasteiger partial charge in [-0.1, -0.05) is 72.3 Å². The zero-order valence-corrected chi connectivity index (χ0v) is 22.0. The molecule has 0 spiro atoms. The summed E-state index contributed by atoms with van der Waals surface area (Å²) < 4.78 is 32.7. The highest BCUT2D eigenvalue weighted by molar-refractivity contribution is 7.89. The molecule has 188 valence electrons. The van der Waals surface area contributed by atoms with Crippen LogP contribution in [0.5, 0.6) is 0 Å². The number of hydrazone groups is 1. The highest BCUT2D eigenvalue weighted by atomic mass is 35.5. The van der Waals surface area contributed by atoms with Crippen molar-refractivity contribution in [3.63, 3.8) is 0 Å². The Morgan fingerprint density at radius 3 is 2.11 bits per heavy atom. The Balaban J connectivity index is 1.48. The lowest BCUT2D eigenvalue weighted by Gasteiger charge is -2.26. The number of rotatable bonds is 8. The molecule has 3 aromatic rings. The highest BCUT2D eigenvalue weighted by Crippen LogP contribution is 2.27. The molecule has 2 N–H and O–H groups in total. The Morgan fingerprint density at radius 1 is 0.944 bits per heavy atom. The number of anilines is 1. The van der Waals surface area contributed by atoms with Crippen molar-refractivity contribution in [2.75, 3.05) is 31.6 Å². The van der Waals surface area contributed by atoms with Crippen LogP contribution in [0.25, 0.3) is 0 Å². The fourth-order valence-corrected chi connectivity index (χ4v) is 5.54. The summed E-state index contributed by atoms with van der Waals surface area (Å²) in [6, 6.07) is 24.7. The van der Waals surface area contributed by atoms with Gasteiger partial charge in [-0.15, -0.1) is 0 Å². The van der Waals surface area contributed by atoms with Crippen LogP contribution in [0, 0.1) is 0 Å². The van der Waals surface area contributed by atoms with Crippen molar-refractivity contribution in [3.8, 4) is 0 Å². The first-order chi connectivity index (χ1) is 17.4. The van der Waals surface area contributed by atoms with Crippen molar-refractivity contribution < 1.29 is 13.2 Å². The van der Waals surface area contributed by atoms with Crippen LogP contribution in [0.4, 0.5) is 5.69 Å². The van der Waals surface area contributed by atoms with E-state index < -0.39 is 10.0 Å². The van der Waals surface area contributed by atoms with Crippen LogP contribution in [0.1, 0.15) is 11.1 Å². The maximum Gasteiger partial charge on any atom is 0.243 e. The van der Waals surface area contributed by atoms with Crippen LogP contribution in [0.15, 0.2) is 88.9 Å². The zero-order chi connectivity index (χ0) is 25.4. The molecular formula is C26H27ClN4O3S2. The van der Waals surface area contributed by atoms with Gasteiger partial charge in [0.05, 0.1) is 28.8 Å². The number of sulfonamides is 1. The first-order valence-electron chi connectivity index (χ1n) is 11.5. The summed E-state index contributed by atoms with van der Waals surface area (Å²) in [5.74, 6) is 0. The smallest absolute Gasteiger partial charge is 0.243 e. The van der Waals surface area contributed by atoms with Crippen LogP contribution in [0.3, 0.4) is 0 Å². The van der Waals surface area contributed by atoms with Gasteiger partial charge in [0.25, 0.3) is 0 Å². The Hall–Kier alpha value is -2.82. The van der Waals surface area contributed by atoms with Crippen molar-refractivity contribution in [2.24, 2.45) is 5.10 Å². The van der Waals surface area contributed by atoms with Crippen LogP contribution in [-0.4, -0.2) is 49.9 Å². The molecule has 1 saturated heterocycles. The molecule has 0 saturated carbocycles. The van der Waals surface area contributed by atoms with E-state index in [9.17, 15) is 8.42 Å². The van der Waals surface area contributed by atoms with E-state index in [0.717, 1.165) is 16.8 Å². The average Bonchev–Trinajstić information content (AvgIpc) is 2.90. The number of nitrogens with zero attached hydrogens (tertiary/aromatic N) is 2. The molecule has 1 aliphatic heterocycles. The van der Waals surface area contributed by atoms with Crippen molar-refractivity contribution in [1.82, 2.24) is 9.73 Å². The molecule has 0 aliphatic carbocycles. The van der Waals surface area contributed by atoms with E-state index in [1.54, 1.807) is 6.07 Å². The number of nitrogens with one attached hydrogen (secondary N) is 2. The minimum atomic E-state index is -3.67. The molecule has 0 atom stereocenters. The summed E-state index contributed by atoms with van der Waals surface area (Å²) in [4.78, 5) is 0.136. The fourth-order valence-electron chi connectivity index (χ4n) is 3.78. The number of morpholine rings is 1. The maximum atomic E-state index is 13.0. The van der Waals surface area contributed by atoms with E-state index >= 15 is 0 Å². The van der Waals surface area contributed by atoms with Crippen LogP contribution < -0.4 is 10.7 Å². The molecule has 1 aliphatic rings. The van der Waals surface area contributed by atoms with E-state index in [2.05, 4.69) is 40.1 Å². The third kappa shape index (κ3) is 7.11. The van der Waals surface area contributed by atoms with Crippen molar-refractivity contribution >= 4 is 50.4 Å². The molecule has 0 radical (unpaired) electrons. The second-order valence-electron chi connectivity index (χ2n) is 8.23. The molecular weight excluding hydrogens is 516 g/mol. The van der Waals surface area contributed by atoms with Gasteiger partial charge in [0.15, 0.2) is 5.11 Å². The summed E-state index contributed by atoms with van der Waals surface area (Å²) in [7, 11) is -3.67. The largest absolute Gasteiger partial charge is 0.379 e. The fraction of sp³-hybridized carbons (Fsp3) is 0.231. The zero-order valence-electron chi connectivity index (χ0n) is 19.6. The van der Waals surface area contributed by atoms with Gasteiger partial charge < -0.3 is 10.1 Å². The van der Waals surface area contributed by atoms with Crippen molar-refractivity contribution in [2.45, 2.75) is 17.7 Å². The number of hydrogen-bond donors (Lipinski definition) is 2. The van der Waals surface area contributed by atoms with Crippen molar-refractivity contribution in [1.29, 1.82) is 0 Å². The molecule has 4 rings (SSSR count). The number of ether oxygens (including phenoxy) is 1. The first kappa shape index (κ1) is 26.2. The second-order valence-corrected chi connectivity index (χ2v) is 11.0. The van der Waals surface area contributed by atoms with E-state index in [0.29, 0.717) is 49.9 Å². The van der Waals surface area contributed by atoms with Crippen LogP contribution >= 0.6 is 23.8 Å².